The molecule has 124 valence electrons. The van der Waals surface area contributed by atoms with Gasteiger partial charge in [-0.2, -0.15) is 0 Å². The molecule has 0 saturated carbocycles. The van der Waals surface area contributed by atoms with Gasteiger partial charge in [0.2, 0.25) is 5.91 Å². The van der Waals surface area contributed by atoms with E-state index in [2.05, 4.69) is 14.5 Å². The molecule has 0 aromatic carbocycles. The number of hydrogen-bond acceptors (Lipinski definition) is 5. The number of rotatable bonds is 4. The first-order valence-electron chi connectivity index (χ1n) is 8.03. The lowest BCUT2D eigenvalue weighted by atomic mass is 10.1. The Morgan fingerprint density at radius 3 is 3.21 bits per heavy atom. The molecule has 4 heterocycles. The second kappa shape index (κ2) is 6.60. The Hall–Kier alpha value is -2.41. The van der Waals surface area contributed by atoms with Crippen LogP contribution in [-0.4, -0.2) is 38.4 Å². The number of piperidine rings is 1. The van der Waals surface area contributed by atoms with Gasteiger partial charge < -0.3 is 13.9 Å². The summed E-state index contributed by atoms with van der Waals surface area (Å²) in [5.41, 5.74) is 0.807. The lowest BCUT2D eigenvalue weighted by Crippen LogP contribution is -2.41. The molecule has 0 bridgehead atoms. The van der Waals surface area contributed by atoms with Gasteiger partial charge in [0.1, 0.15) is 0 Å². The first-order valence-corrected chi connectivity index (χ1v) is 8.91. The van der Waals surface area contributed by atoms with Gasteiger partial charge in [0, 0.05) is 30.9 Å². The average Bonchev–Trinajstić information content (AvgIpc) is 3.36. The summed E-state index contributed by atoms with van der Waals surface area (Å²) in [5, 5.41) is 2.75. The molecule has 0 radical (unpaired) electrons. The third kappa shape index (κ3) is 3.12. The molecule has 0 aliphatic carbocycles. The van der Waals surface area contributed by atoms with Gasteiger partial charge in [-0.1, -0.05) is 0 Å². The zero-order valence-electron chi connectivity index (χ0n) is 13.2. The van der Waals surface area contributed by atoms with Crippen LogP contribution in [0.2, 0.25) is 0 Å². The van der Waals surface area contributed by atoms with Gasteiger partial charge in [-0.3, -0.25) is 4.79 Å². The van der Waals surface area contributed by atoms with Gasteiger partial charge >= 0.3 is 0 Å². The van der Waals surface area contributed by atoms with Crippen LogP contribution in [0.25, 0.3) is 10.8 Å². The number of nitrogens with zero attached hydrogens (tertiary/aromatic N) is 4. The topological polar surface area (TPSA) is 64.2 Å². The minimum atomic E-state index is 0.135. The molecule has 24 heavy (non-hydrogen) atoms. The van der Waals surface area contributed by atoms with Crippen molar-refractivity contribution < 1.29 is 9.21 Å². The Labute approximate surface area is 143 Å². The standard InChI is InChI=1S/C17H18N4O2S/c22-16(9-13-11-24-17(19-13)15-4-2-8-23-15)20-6-1-3-14(10-20)21-7-5-18-12-21/h2,4-5,7-8,11-12,14H,1,3,6,9-10H2. The van der Waals surface area contributed by atoms with Gasteiger partial charge in [-0.05, 0) is 25.0 Å². The second-order valence-electron chi connectivity index (χ2n) is 5.94. The molecule has 6 nitrogen and oxygen atoms in total. The van der Waals surface area contributed by atoms with Crippen LogP contribution >= 0.6 is 11.3 Å². The van der Waals surface area contributed by atoms with Gasteiger partial charge in [0.15, 0.2) is 10.8 Å². The molecule has 7 heteroatoms. The molecule has 3 aromatic heterocycles. The minimum Gasteiger partial charge on any atom is -0.462 e. The smallest absolute Gasteiger partial charge is 0.228 e. The Kier molecular flexibility index (Phi) is 4.17. The van der Waals surface area contributed by atoms with E-state index >= 15 is 0 Å². The van der Waals surface area contributed by atoms with Crippen molar-refractivity contribution in [3.8, 4) is 10.8 Å². The largest absolute Gasteiger partial charge is 0.462 e. The van der Waals surface area contributed by atoms with Crippen molar-refractivity contribution in [2.75, 3.05) is 13.1 Å². The molecular formula is C17H18N4O2S. The third-order valence-electron chi connectivity index (χ3n) is 4.31. The van der Waals surface area contributed by atoms with E-state index in [1.807, 2.05) is 34.9 Å². The molecule has 1 unspecified atom stereocenters. The highest BCUT2D eigenvalue weighted by molar-refractivity contribution is 7.13. The summed E-state index contributed by atoms with van der Waals surface area (Å²) in [5.74, 6) is 0.882. The number of imidazole rings is 1. The predicted octanol–water partition coefficient (Wildman–Crippen LogP) is 3.01. The quantitative estimate of drug-likeness (QED) is 0.731. The highest BCUT2D eigenvalue weighted by Crippen LogP contribution is 2.25. The number of carbonyl (C=O) groups is 1. The van der Waals surface area contributed by atoms with E-state index in [0.717, 1.165) is 42.4 Å². The fourth-order valence-corrected chi connectivity index (χ4v) is 3.86. The summed E-state index contributed by atoms with van der Waals surface area (Å²) < 4.78 is 7.45. The maximum atomic E-state index is 12.6. The summed E-state index contributed by atoms with van der Waals surface area (Å²) >= 11 is 1.51. The maximum Gasteiger partial charge on any atom is 0.228 e. The Balaban J connectivity index is 1.41. The Morgan fingerprint density at radius 1 is 1.46 bits per heavy atom. The van der Waals surface area contributed by atoms with Crippen LogP contribution < -0.4 is 0 Å². The van der Waals surface area contributed by atoms with Crippen LogP contribution in [0.3, 0.4) is 0 Å². The molecule has 1 amide bonds. The van der Waals surface area contributed by atoms with E-state index in [0.29, 0.717) is 12.5 Å². The van der Waals surface area contributed by atoms with E-state index in [4.69, 9.17) is 4.42 Å². The van der Waals surface area contributed by atoms with E-state index in [9.17, 15) is 4.79 Å². The van der Waals surface area contributed by atoms with Crippen LogP contribution in [0.1, 0.15) is 24.6 Å². The Bertz CT molecular complexity index is 795. The Morgan fingerprint density at radius 2 is 2.42 bits per heavy atom. The molecule has 1 atom stereocenters. The number of furan rings is 1. The number of likely N-dealkylation sites (tertiary alicyclic amines) is 1. The number of aromatic nitrogens is 3. The summed E-state index contributed by atoms with van der Waals surface area (Å²) in [6.45, 7) is 1.56. The fraction of sp³-hybridized carbons (Fsp3) is 0.353. The van der Waals surface area contributed by atoms with E-state index in [1.165, 1.54) is 11.3 Å². The van der Waals surface area contributed by atoms with Crippen molar-refractivity contribution >= 4 is 17.2 Å². The highest BCUT2D eigenvalue weighted by Gasteiger charge is 2.25. The SMILES string of the molecule is O=C(Cc1csc(-c2ccco2)n1)N1CCCC(n2ccnc2)C1. The van der Waals surface area contributed by atoms with Crippen molar-refractivity contribution in [2.45, 2.75) is 25.3 Å². The fourth-order valence-electron chi connectivity index (χ4n) is 3.08. The van der Waals surface area contributed by atoms with E-state index in [1.54, 1.807) is 12.5 Å². The number of amides is 1. The van der Waals surface area contributed by atoms with Crippen molar-refractivity contribution in [1.82, 2.24) is 19.4 Å². The molecule has 0 N–H and O–H groups in total. The number of hydrogen-bond donors (Lipinski definition) is 0. The zero-order chi connectivity index (χ0) is 16.4. The van der Waals surface area contributed by atoms with Crippen molar-refractivity contribution in [3.05, 3.63) is 48.2 Å². The van der Waals surface area contributed by atoms with Crippen LogP contribution in [-0.2, 0) is 11.2 Å². The van der Waals surface area contributed by atoms with Crippen LogP contribution in [0.5, 0.6) is 0 Å². The van der Waals surface area contributed by atoms with Gasteiger partial charge in [0.05, 0.1) is 30.7 Å². The third-order valence-corrected chi connectivity index (χ3v) is 5.22. The van der Waals surface area contributed by atoms with Gasteiger partial charge in [0.25, 0.3) is 0 Å². The van der Waals surface area contributed by atoms with Crippen molar-refractivity contribution in [1.29, 1.82) is 0 Å². The van der Waals surface area contributed by atoms with Crippen LogP contribution in [0, 0.1) is 0 Å². The van der Waals surface area contributed by atoms with Gasteiger partial charge in [-0.15, -0.1) is 11.3 Å². The summed E-state index contributed by atoms with van der Waals surface area (Å²) in [7, 11) is 0. The van der Waals surface area contributed by atoms with Crippen molar-refractivity contribution in [2.24, 2.45) is 0 Å². The highest BCUT2D eigenvalue weighted by atomic mass is 32.1. The summed E-state index contributed by atoms with van der Waals surface area (Å²) in [6.07, 6.45) is 9.65. The molecular weight excluding hydrogens is 324 g/mol. The van der Waals surface area contributed by atoms with Crippen molar-refractivity contribution in [3.63, 3.8) is 0 Å². The normalized spacial score (nSPS) is 18.0. The number of thiazole rings is 1. The molecule has 3 aromatic rings. The molecule has 1 aliphatic heterocycles. The van der Waals surface area contributed by atoms with Crippen LogP contribution in [0.4, 0.5) is 0 Å². The predicted molar refractivity (Wildman–Crippen MR) is 90.6 cm³/mol. The molecule has 1 aliphatic rings. The monoisotopic (exact) mass is 342 g/mol. The van der Waals surface area contributed by atoms with Crippen LogP contribution in [0.15, 0.2) is 46.9 Å². The molecule has 1 saturated heterocycles. The zero-order valence-corrected chi connectivity index (χ0v) is 14.0. The summed E-state index contributed by atoms with van der Waals surface area (Å²) in [6, 6.07) is 4.04. The minimum absolute atomic E-state index is 0.135. The van der Waals surface area contributed by atoms with E-state index in [-0.39, 0.29) is 5.91 Å². The summed E-state index contributed by atoms with van der Waals surface area (Å²) in [4.78, 5) is 23.2. The molecule has 4 rings (SSSR count). The first kappa shape index (κ1) is 15.1. The maximum absolute atomic E-state index is 12.6. The van der Waals surface area contributed by atoms with E-state index < -0.39 is 0 Å². The average molecular weight is 342 g/mol. The number of carbonyl (C=O) groups excluding carboxylic acids is 1. The molecule has 0 spiro atoms. The molecule has 1 fully saturated rings. The lowest BCUT2D eigenvalue weighted by Gasteiger charge is -2.33. The van der Waals surface area contributed by atoms with Gasteiger partial charge in [-0.25, -0.2) is 9.97 Å². The second-order valence-corrected chi connectivity index (χ2v) is 6.80. The lowest BCUT2D eigenvalue weighted by molar-refractivity contribution is -0.132. The first-order chi connectivity index (χ1) is 11.8.